The topological polar surface area (TPSA) is 131 Å². The lowest BCUT2D eigenvalue weighted by molar-refractivity contribution is -0.384. The molecule has 0 radical (unpaired) electrons. The van der Waals surface area contributed by atoms with E-state index >= 15 is 0 Å². The van der Waals surface area contributed by atoms with Crippen LogP contribution in [0.5, 0.6) is 0 Å². The first-order chi connectivity index (χ1) is 11.8. The lowest BCUT2D eigenvalue weighted by Crippen LogP contribution is -2.42. The van der Waals surface area contributed by atoms with Gasteiger partial charge in [0, 0.05) is 32.3 Å². The molecular weight excluding hydrogens is 332 g/mol. The van der Waals surface area contributed by atoms with E-state index in [1.54, 1.807) is 19.0 Å². The fourth-order valence-corrected chi connectivity index (χ4v) is 2.01. The van der Waals surface area contributed by atoms with Gasteiger partial charge in [-0.2, -0.15) is 0 Å². The Kier molecular flexibility index (Phi) is 5.52. The van der Waals surface area contributed by atoms with E-state index in [4.69, 9.17) is 4.74 Å². The number of urea groups is 1. The molecule has 134 valence electrons. The number of carbonyl (C=O) groups excluding carboxylic acids is 3. The van der Waals surface area contributed by atoms with Crippen molar-refractivity contribution in [1.29, 1.82) is 0 Å². The largest absolute Gasteiger partial charge is 0.452 e. The third-order valence-electron chi connectivity index (χ3n) is 3.39. The maximum atomic E-state index is 12.2. The molecule has 0 spiro atoms. The number of nitrogens with one attached hydrogen (secondary N) is 2. The summed E-state index contributed by atoms with van der Waals surface area (Å²) < 4.78 is 4.86. The zero-order valence-electron chi connectivity index (χ0n) is 13.8. The third kappa shape index (κ3) is 5.16. The van der Waals surface area contributed by atoms with Gasteiger partial charge in [-0.3, -0.25) is 20.2 Å². The molecule has 1 aliphatic carbocycles. The smallest absolute Gasteiger partial charge is 0.341 e. The molecule has 10 nitrogen and oxygen atoms in total. The normalized spacial score (nSPS) is 12.9. The van der Waals surface area contributed by atoms with Gasteiger partial charge in [0.15, 0.2) is 6.61 Å². The molecule has 1 fully saturated rings. The zero-order valence-corrected chi connectivity index (χ0v) is 13.8. The van der Waals surface area contributed by atoms with E-state index in [0.717, 1.165) is 18.9 Å². The molecular formula is C15H18N4O6. The van der Waals surface area contributed by atoms with Gasteiger partial charge >= 0.3 is 12.0 Å². The second-order valence-corrected chi connectivity index (χ2v) is 5.73. The Morgan fingerprint density at radius 2 is 2.00 bits per heavy atom. The van der Waals surface area contributed by atoms with Crippen molar-refractivity contribution in [3.63, 3.8) is 0 Å². The maximum absolute atomic E-state index is 12.2. The van der Waals surface area contributed by atoms with E-state index in [-0.39, 0.29) is 17.3 Å². The summed E-state index contributed by atoms with van der Waals surface area (Å²) in [6, 6.07) is 3.20. The molecule has 10 heteroatoms. The first kappa shape index (κ1) is 18.2. The van der Waals surface area contributed by atoms with Gasteiger partial charge in [-0.1, -0.05) is 0 Å². The predicted molar refractivity (Wildman–Crippen MR) is 87.4 cm³/mol. The van der Waals surface area contributed by atoms with Gasteiger partial charge < -0.3 is 15.0 Å². The Hall–Kier alpha value is -3.17. The van der Waals surface area contributed by atoms with Gasteiger partial charge in [0.1, 0.15) is 0 Å². The number of imide groups is 1. The van der Waals surface area contributed by atoms with Gasteiger partial charge in [-0.05, 0) is 18.9 Å². The molecule has 1 aromatic rings. The number of nitro groups is 1. The number of hydrogen-bond acceptors (Lipinski definition) is 7. The minimum atomic E-state index is -0.898. The number of hydrogen-bond donors (Lipinski definition) is 2. The average molecular weight is 350 g/mol. The number of anilines is 1. The zero-order chi connectivity index (χ0) is 18.6. The lowest BCUT2D eigenvalue weighted by atomic mass is 10.1. The number of nitro benzene ring substituents is 1. The van der Waals surface area contributed by atoms with E-state index < -0.39 is 29.4 Å². The second-order valence-electron chi connectivity index (χ2n) is 5.73. The van der Waals surface area contributed by atoms with Crippen LogP contribution in [0.3, 0.4) is 0 Å². The maximum Gasteiger partial charge on any atom is 0.341 e. The molecule has 0 heterocycles. The summed E-state index contributed by atoms with van der Waals surface area (Å²) in [5.74, 6) is -1.69. The number of esters is 1. The summed E-state index contributed by atoms with van der Waals surface area (Å²) in [7, 11) is 3.32. The van der Waals surface area contributed by atoms with Gasteiger partial charge in [-0.25, -0.2) is 9.59 Å². The Morgan fingerprint density at radius 3 is 2.56 bits per heavy atom. The molecule has 0 atom stereocenters. The molecule has 0 bridgehead atoms. The van der Waals surface area contributed by atoms with E-state index in [9.17, 15) is 24.5 Å². The van der Waals surface area contributed by atoms with Crippen LogP contribution in [0.15, 0.2) is 18.2 Å². The van der Waals surface area contributed by atoms with Crippen LogP contribution in [0.2, 0.25) is 0 Å². The Balaban J connectivity index is 1.98. The Bertz CT molecular complexity index is 714. The third-order valence-corrected chi connectivity index (χ3v) is 3.39. The number of amides is 3. The van der Waals surface area contributed by atoms with Crippen molar-refractivity contribution in [1.82, 2.24) is 10.6 Å². The van der Waals surface area contributed by atoms with Crippen LogP contribution in [0, 0.1) is 10.1 Å². The minimum Gasteiger partial charge on any atom is -0.452 e. The number of non-ortho nitro benzene ring substituents is 1. The summed E-state index contributed by atoms with van der Waals surface area (Å²) in [6.07, 6.45) is 1.74. The van der Waals surface area contributed by atoms with Crippen LogP contribution in [0.1, 0.15) is 23.2 Å². The number of benzene rings is 1. The average Bonchev–Trinajstić information content (AvgIpc) is 3.35. The fraction of sp³-hybridized carbons (Fsp3) is 0.400. The predicted octanol–water partition coefficient (Wildman–Crippen LogP) is 0.806. The summed E-state index contributed by atoms with van der Waals surface area (Å²) in [5, 5.41) is 15.5. The molecule has 0 aromatic heterocycles. The van der Waals surface area contributed by atoms with Crippen LogP contribution < -0.4 is 15.5 Å². The Morgan fingerprint density at radius 1 is 1.32 bits per heavy atom. The first-order valence-corrected chi connectivity index (χ1v) is 7.51. The molecule has 0 saturated heterocycles. The SMILES string of the molecule is CN(C)c1ccc([N+](=O)[O-])cc1C(=O)OCC(=O)NC(=O)NC1CC1. The summed E-state index contributed by atoms with van der Waals surface area (Å²) in [4.78, 5) is 47.0. The van der Waals surface area contributed by atoms with Crippen LogP contribution in [-0.2, 0) is 9.53 Å². The highest BCUT2D eigenvalue weighted by Gasteiger charge is 2.24. The van der Waals surface area contributed by atoms with Crippen molar-refractivity contribution in [2.45, 2.75) is 18.9 Å². The van der Waals surface area contributed by atoms with E-state index in [1.165, 1.54) is 12.1 Å². The quantitative estimate of drug-likeness (QED) is 0.441. The highest BCUT2D eigenvalue weighted by atomic mass is 16.6. The van der Waals surface area contributed by atoms with E-state index in [2.05, 4.69) is 5.32 Å². The molecule has 0 aliphatic heterocycles. The van der Waals surface area contributed by atoms with Crippen molar-refractivity contribution in [2.24, 2.45) is 0 Å². The van der Waals surface area contributed by atoms with E-state index in [1.807, 2.05) is 5.32 Å². The molecule has 1 aromatic carbocycles. The molecule has 2 N–H and O–H groups in total. The first-order valence-electron chi connectivity index (χ1n) is 7.51. The van der Waals surface area contributed by atoms with Crippen LogP contribution >= 0.6 is 0 Å². The summed E-state index contributed by atoms with van der Waals surface area (Å²) >= 11 is 0. The van der Waals surface area contributed by atoms with Crippen molar-refractivity contribution >= 4 is 29.3 Å². The monoisotopic (exact) mass is 350 g/mol. The molecule has 2 rings (SSSR count). The molecule has 1 aliphatic rings. The molecule has 0 unspecified atom stereocenters. The standard InChI is InChI=1S/C15H18N4O6/c1-18(2)12-6-5-10(19(23)24)7-11(12)14(21)25-8-13(20)17-15(22)16-9-3-4-9/h5-7,9H,3-4,8H2,1-2H3,(H2,16,17,20,22). The van der Waals surface area contributed by atoms with Crippen LogP contribution in [0.4, 0.5) is 16.2 Å². The second kappa shape index (κ2) is 7.60. The number of carbonyl (C=O) groups is 3. The van der Waals surface area contributed by atoms with Gasteiger partial charge in [0.2, 0.25) is 0 Å². The fourth-order valence-electron chi connectivity index (χ4n) is 2.01. The van der Waals surface area contributed by atoms with E-state index in [0.29, 0.717) is 5.69 Å². The van der Waals surface area contributed by atoms with Gasteiger partial charge in [-0.15, -0.1) is 0 Å². The van der Waals surface area contributed by atoms with Gasteiger partial charge in [0.05, 0.1) is 16.2 Å². The Labute approximate surface area is 143 Å². The van der Waals surface area contributed by atoms with Crippen molar-refractivity contribution < 1.29 is 24.0 Å². The van der Waals surface area contributed by atoms with Crippen molar-refractivity contribution in [2.75, 3.05) is 25.6 Å². The van der Waals surface area contributed by atoms with Crippen LogP contribution in [0.25, 0.3) is 0 Å². The lowest BCUT2D eigenvalue weighted by Gasteiger charge is -2.16. The van der Waals surface area contributed by atoms with Crippen molar-refractivity contribution in [3.05, 3.63) is 33.9 Å². The summed E-state index contributed by atoms with van der Waals surface area (Å²) in [5.41, 5.74) is 0.0859. The van der Waals surface area contributed by atoms with Gasteiger partial charge in [0.25, 0.3) is 11.6 Å². The number of ether oxygens (including phenoxy) is 1. The van der Waals surface area contributed by atoms with Crippen molar-refractivity contribution in [3.8, 4) is 0 Å². The number of nitrogens with zero attached hydrogens (tertiary/aromatic N) is 2. The molecule has 1 saturated carbocycles. The highest BCUT2D eigenvalue weighted by molar-refractivity contribution is 5.99. The number of rotatable bonds is 6. The minimum absolute atomic E-state index is 0.0468. The highest BCUT2D eigenvalue weighted by Crippen LogP contribution is 2.25. The van der Waals surface area contributed by atoms with Crippen LogP contribution in [-0.4, -0.2) is 49.6 Å². The molecule has 25 heavy (non-hydrogen) atoms. The molecule has 3 amide bonds. The summed E-state index contributed by atoms with van der Waals surface area (Å²) in [6.45, 7) is -0.674.